The van der Waals surface area contributed by atoms with Crippen LogP contribution in [0.1, 0.15) is 12.8 Å². The van der Waals surface area contributed by atoms with Crippen molar-refractivity contribution in [2.45, 2.75) is 18.9 Å². The van der Waals surface area contributed by atoms with Gasteiger partial charge in [0, 0.05) is 0 Å². The maximum absolute atomic E-state index is 5.29. The highest BCUT2D eigenvalue weighted by molar-refractivity contribution is 6.34. The average molecular weight is 149 g/mol. The van der Waals surface area contributed by atoms with Crippen molar-refractivity contribution in [3.63, 3.8) is 0 Å². The Hall–Kier alpha value is 0.354. The molecular formula is C4H15NOSi2. The summed E-state index contributed by atoms with van der Waals surface area (Å²) in [5.41, 5.74) is 5.29. The largest absolute Gasteiger partial charge is 0.468 e. The van der Waals surface area contributed by atoms with E-state index >= 15 is 0 Å². The number of hydrogen-bond acceptors (Lipinski definition) is 2. The van der Waals surface area contributed by atoms with E-state index in [4.69, 9.17) is 9.85 Å². The molecule has 0 saturated heterocycles. The fourth-order valence-corrected chi connectivity index (χ4v) is 2.28. The van der Waals surface area contributed by atoms with E-state index in [1.165, 1.54) is 18.9 Å². The Morgan fingerprint density at radius 1 is 1.50 bits per heavy atom. The maximum atomic E-state index is 5.29. The average Bonchev–Trinajstić information content (AvgIpc) is 1.81. The van der Waals surface area contributed by atoms with Gasteiger partial charge in [-0.1, -0.05) is 6.42 Å². The molecular weight excluding hydrogens is 134 g/mol. The van der Waals surface area contributed by atoms with Gasteiger partial charge < -0.3 is 9.85 Å². The summed E-state index contributed by atoms with van der Waals surface area (Å²) in [6.07, 6.45) is 2.46. The van der Waals surface area contributed by atoms with Crippen molar-refractivity contribution in [2.24, 2.45) is 5.73 Å². The van der Waals surface area contributed by atoms with Gasteiger partial charge in [-0.15, -0.1) is 0 Å². The molecule has 50 valence electrons. The van der Waals surface area contributed by atoms with Gasteiger partial charge in [0.2, 0.25) is 0 Å². The molecule has 0 atom stereocenters. The molecule has 0 aliphatic carbocycles. The third kappa shape index (κ3) is 6.35. The van der Waals surface area contributed by atoms with Crippen LogP contribution in [0, 0.1) is 0 Å². The molecule has 8 heavy (non-hydrogen) atoms. The van der Waals surface area contributed by atoms with E-state index in [1.54, 1.807) is 0 Å². The summed E-state index contributed by atoms with van der Waals surface area (Å²) in [6.45, 7) is 0.843. The molecule has 0 aromatic heterocycles. The second kappa shape index (κ2) is 7.35. The lowest BCUT2D eigenvalue weighted by Crippen LogP contribution is -2.00. The fraction of sp³-hybridized carbons (Fsp3) is 1.00. The monoisotopic (exact) mass is 149 g/mol. The van der Waals surface area contributed by atoms with Crippen molar-refractivity contribution < 1.29 is 4.12 Å². The lowest BCUT2D eigenvalue weighted by Gasteiger charge is -1.94. The molecule has 0 radical (unpaired) electrons. The van der Waals surface area contributed by atoms with Crippen LogP contribution in [0.15, 0.2) is 0 Å². The van der Waals surface area contributed by atoms with Crippen molar-refractivity contribution in [2.75, 3.05) is 6.54 Å². The fourth-order valence-electron chi connectivity index (χ4n) is 0.568. The zero-order valence-electron chi connectivity index (χ0n) is 5.52. The Morgan fingerprint density at radius 3 is 2.75 bits per heavy atom. The SMILES string of the molecule is NCCCC[SiH2]O[SiH3]. The maximum Gasteiger partial charge on any atom is 0.145 e. The molecule has 0 fully saturated rings. The molecule has 0 aliphatic heterocycles. The summed E-state index contributed by atoms with van der Waals surface area (Å²) in [4.78, 5) is 0. The van der Waals surface area contributed by atoms with E-state index in [2.05, 4.69) is 0 Å². The predicted octanol–water partition coefficient (Wildman–Crippen LogP) is -1.48. The summed E-state index contributed by atoms with van der Waals surface area (Å²) >= 11 is 0. The first-order chi connectivity index (χ1) is 3.91. The molecule has 2 N–H and O–H groups in total. The lowest BCUT2D eigenvalue weighted by atomic mass is 10.3. The Kier molecular flexibility index (Phi) is 7.68. The quantitative estimate of drug-likeness (QED) is 0.382. The molecule has 0 rings (SSSR count). The van der Waals surface area contributed by atoms with Gasteiger partial charge in [-0.3, -0.25) is 0 Å². The number of rotatable bonds is 5. The molecule has 4 heteroatoms. The summed E-state index contributed by atoms with van der Waals surface area (Å²) in [5, 5.41) is 0. The molecule has 0 aromatic carbocycles. The van der Waals surface area contributed by atoms with Crippen molar-refractivity contribution in [1.29, 1.82) is 0 Å². The van der Waals surface area contributed by atoms with Crippen LogP contribution in [0.3, 0.4) is 0 Å². The molecule has 2 nitrogen and oxygen atoms in total. The Labute approximate surface area is 56.3 Å². The standard InChI is InChI=1S/C4H15NOSi2/c5-3-1-2-4-8-6-7/h1-5,8H2,7H3. The normalized spacial score (nSPS) is 11.6. The van der Waals surface area contributed by atoms with Crippen LogP contribution in [0.4, 0.5) is 0 Å². The molecule has 0 bridgehead atoms. The van der Waals surface area contributed by atoms with Crippen LogP contribution in [0.25, 0.3) is 0 Å². The number of nitrogens with two attached hydrogens (primary N) is 1. The van der Waals surface area contributed by atoms with Crippen molar-refractivity contribution in [3.05, 3.63) is 0 Å². The van der Waals surface area contributed by atoms with Gasteiger partial charge in [0.15, 0.2) is 0 Å². The first kappa shape index (κ1) is 8.35. The molecule has 0 heterocycles. The van der Waals surface area contributed by atoms with Crippen LogP contribution in [-0.2, 0) is 4.12 Å². The topological polar surface area (TPSA) is 35.2 Å². The Morgan fingerprint density at radius 2 is 2.25 bits per heavy atom. The predicted molar refractivity (Wildman–Crippen MR) is 42.7 cm³/mol. The van der Waals surface area contributed by atoms with Crippen LogP contribution in [-0.4, -0.2) is 26.8 Å². The molecule has 0 spiro atoms. The molecule has 0 saturated carbocycles. The van der Waals surface area contributed by atoms with E-state index in [9.17, 15) is 0 Å². The highest BCUT2D eigenvalue weighted by atomic mass is 28.3. The Balaban J connectivity index is 2.53. The molecule has 0 aliphatic rings. The zero-order valence-corrected chi connectivity index (χ0v) is 8.94. The van der Waals surface area contributed by atoms with Gasteiger partial charge in [0.05, 0.1) is 0 Å². The van der Waals surface area contributed by atoms with Crippen LogP contribution < -0.4 is 5.73 Å². The highest BCUT2D eigenvalue weighted by Crippen LogP contribution is 1.91. The van der Waals surface area contributed by atoms with Gasteiger partial charge >= 0.3 is 0 Å². The molecule has 0 unspecified atom stereocenters. The van der Waals surface area contributed by atoms with Crippen molar-refractivity contribution in [3.8, 4) is 0 Å². The third-order valence-electron chi connectivity index (χ3n) is 1.05. The van der Waals surface area contributed by atoms with E-state index in [-0.39, 0.29) is 9.76 Å². The Bertz CT molecular complexity index is 39.0. The summed E-state index contributed by atoms with van der Waals surface area (Å²) in [7, 11) is 0.845. The van der Waals surface area contributed by atoms with Crippen LogP contribution in [0.5, 0.6) is 0 Å². The molecule has 0 aromatic rings. The zero-order chi connectivity index (χ0) is 6.24. The van der Waals surface area contributed by atoms with E-state index in [0.29, 0.717) is 0 Å². The first-order valence-corrected chi connectivity index (χ1v) is 5.50. The first-order valence-electron chi connectivity index (χ1n) is 3.11. The lowest BCUT2D eigenvalue weighted by molar-refractivity contribution is 0.649. The van der Waals surface area contributed by atoms with Crippen LogP contribution in [0.2, 0.25) is 6.04 Å². The summed E-state index contributed by atoms with van der Waals surface area (Å²) in [6, 6.07) is 1.32. The number of hydrogen-bond donors (Lipinski definition) is 1. The number of unbranched alkanes of at least 4 members (excludes halogenated alkanes) is 1. The van der Waals surface area contributed by atoms with Crippen LogP contribution >= 0.6 is 0 Å². The second-order valence-electron chi connectivity index (χ2n) is 1.84. The second-order valence-corrected chi connectivity index (χ2v) is 5.27. The summed E-state index contributed by atoms with van der Waals surface area (Å²) in [5.74, 6) is 0. The van der Waals surface area contributed by atoms with E-state index in [0.717, 1.165) is 17.0 Å². The van der Waals surface area contributed by atoms with Gasteiger partial charge in [-0.05, 0) is 19.0 Å². The van der Waals surface area contributed by atoms with Gasteiger partial charge in [-0.25, -0.2) is 0 Å². The highest BCUT2D eigenvalue weighted by Gasteiger charge is 1.84. The van der Waals surface area contributed by atoms with Gasteiger partial charge in [-0.2, -0.15) is 0 Å². The third-order valence-corrected chi connectivity index (χ3v) is 3.47. The van der Waals surface area contributed by atoms with E-state index in [1.807, 2.05) is 0 Å². The van der Waals surface area contributed by atoms with Gasteiger partial charge in [0.25, 0.3) is 0 Å². The van der Waals surface area contributed by atoms with E-state index < -0.39 is 0 Å². The van der Waals surface area contributed by atoms with Crippen molar-refractivity contribution >= 4 is 20.2 Å². The minimum atomic E-state index is -0.0924. The molecule has 0 amide bonds. The minimum absolute atomic E-state index is 0.0924. The minimum Gasteiger partial charge on any atom is -0.468 e. The smallest absolute Gasteiger partial charge is 0.145 e. The summed E-state index contributed by atoms with van der Waals surface area (Å²) < 4.78 is 5.13. The van der Waals surface area contributed by atoms with Gasteiger partial charge in [0.1, 0.15) is 20.2 Å². The van der Waals surface area contributed by atoms with Crippen molar-refractivity contribution in [1.82, 2.24) is 0 Å².